The Morgan fingerprint density at radius 1 is 1.10 bits per heavy atom. The molecule has 2 aliphatic rings. The molecule has 2 saturated heterocycles. The topological polar surface area (TPSA) is 118 Å². The Morgan fingerprint density at radius 2 is 1.80 bits per heavy atom. The molecule has 2 fully saturated rings. The van der Waals surface area contributed by atoms with Gasteiger partial charge in [-0.15, -0.1) is 0 Å². The van der Waals surface area contributed by atoms with Crippen molar-refractivity contribution in [2.75, 3.05) is 29.9 Å². The number of nitrogens with zero attached hydrogens (tertiary/aromatic N) is 5. The Balaban J connectivity index is 1.47. The van der Waals surface area contributed by atoms with E-state index in [2.05, 4.69) is 6.07 Å². The van der Waals surface area contributed by atoms with Gasteiger partial charge >= 0.3 is 12.0 Å². The van der Waals surface area contributed by atoms with Crippen molar-refractivity contribution in [2.24, 2.45) is 0 Å². The number of benzene rings is 3. The first-order chi connectivity index (χ1) is 19.1. The number of anilines is 2. The molecule has 2 atom stereocenters. The predicted molar refractivity (Wildman–Crippen MR) is 153 cm³/mol. The molecule has 3 aromatic carbocycles. The molecule has 0 saturated carbocycles. The summed E-state index contributed by atoms with van der Waals surface area (Å²) in [6, 6.07) is 17.9. The van der Waals surface area contributed by atoms with Crippen LogP contribution in [0.1, 0.15) is 27.4 Å². The molecule has 1 spiro atoms. The third kappa shape index (κ3) is 3.97. The number of carboxylic acid groups (broad SMARTS) is 1. The van der Waals surface area contributed by atoms with E-state index >= 15 is 0 Å². The maximum absolute atomic E-state index is 14.4. The van der Waals surface area contributed by atoms with Gasteiger partial charge in [0.05, 0.1) is 39.6 Å². The minimum absolute atomic E-state index is 0.148. The van der Waals surface area contributed by atoms with Crippen LogP contribution in [-0.4, -0.2) is 58.6 Å². The van der Waals surface area contributed by atoms with Crippen molar-refractivity contribution in [1.29, 1.82) is 5.26 Å². The summed E-state index contributed by atoms with van der Waals surface area (Å²) in [6.45, 7) is 0.500. The van der Waals surface area contributed by atoms with Gasteiger partial charge in [0.15, 0.2) is 5.13 Å². The number of thiazole rings is 1. The van der Waals surface area contributed by atoms with Crippen LogP contribution >= 0.6 is 34.5 Å². The first kappa shape index (κ1) is 26.1. The van der Waals surface area contributed by atoms with Crippen molar-refractivity contribution in [1.82, 2.24) is 9.88 Å². The van der Waals surface area contributed by atoms with Gasteiger partial charge in [-0.05, 0) is 54.1 Å². The van der Waals surface area contributed by atoms with Crippen molar-refractivity contribution in [3.05, 3.63) is 87.4 Å². The number of carbonyl (C=O) groups excluding carboxylic acids is 2. The fourth-order valence-electron chi connectivity index (χ4n) is 5.53. The van der Waals surface area contributed by atoms with E-state index in [1.54, 1.807) is 43.4 Å². The van der Waals surface area contributed by atoms with E-state index in [-0.39, 0.29) is 17.8 Å². The third-order valence-electron chi connectivity index (χ3n) is 7.50. The zero-order valence-corrected chi connectivity index (χ0v) is 23.2. The summed E-state index contributed by atoms with van der Waals surface area (Å²) in [5, 5.41) is 19.9. The first-order valence-corrected chi connectivity index (χ1v) is 13.7. The van der Waals surface area contributed by atoms with Crippen LogP contribution in [0, 0.1) is 11.3 Å². The highest BCUT2D eigenvalue weighted by Crippen LogP contribution is 2.48. The molecule has 1 aromatic heterocycles. The molecule has 4 aromatic rings. The minimum Gasteiger partial charge on any atom is -0.478 e. The van der Waals surface area contributed by atoms with Crippen molar-refractivity contribution in [3.63, 3.8) is 0 Å². The van der Waals surface area contributed by atoms with E-state index in [9.17, 15) is 24.8 Å². The Hall–Kier alpha value is -4.17. The molecule has 200 valence electrons. The van der Waals surface area contributed by atoms with Crippen LogP contribution in [0.4, 0.5) is 15.6 Å². The van der Waals surface area contributed by atoms with Crippen LogP contribution in [-0.2, 0) is 4.79 Å². The molecule has 3 amide bonds. The Labute approximate surface area is 242 Å². The molecule has 3 heterocycles. The van der Waals surface area contributed by atoms with Gasteiger partial charge in [-0.3, -0.25) is 4.79 Å². The van der Waals surface area contributed by atoms with Gasteiger partial charge in [0.25, 0.3) is 5.91 Å². The molecule has 12 heteroatoms. The number of carbonyl (C=O) groups is 3. The van der Waals surface area contributed by atoms with Crippen LogP contribution in [0.3, 0.4) is 0 Å². The molecule has 1 N–H and O–H groups in total. The number of halogens is 2. The molecular weight excluding hydrogens is 573 g/mol. The summed E-state index contributed by atoms with van der Waals surface area (Å²) in [4.78, 5) is 48.8. The maximum Gasteiger partial charge on any atom is 0.335 e. The number of aromatic carboxylic acids is 1. The Morgan fingerprint density at radius 3 is 2.45 bits per heavy atom. The van der Waals surface area contributed by atoms with E-state index in [1.807, 2.05) is 4.90 Å². The lowest BCUT2D eigenvalue weighted by molar-refractivity contribution is -0.124. The third-order valence-corrected chi connectivity index (χ3v) is 9.02. The number of amides is 3. The number of hydrogen-bond donors (Lipinski definition) is 1. The summed E-state index contributed by atoms with van der Waals surface area (Å²) in [5.74, 6) is -1.93. The van der Waals surface area contributed by atoms with Gasteiger partial charge in [-0.25, -0.2) is 19.5 Å². The second-order valence-corrected chi connectivity index (χ2v) is 11.6. The van der Waals surface area contributed by atoms with Gasteiger partial charge in [0.2, 0.25) is 0 Å². The van der Waals surface area contributed by atoms with Gasteiger partial charge in [0, 0.05) is 29.6 Å². The van der Waals surface area contributed by atoms with Crippen LogP contribution in [0.15, 0.2) is 60.7 Å². The quantitative estimate of drug-likeness (QED) is 0.306. The number of nitriles is 1. The molecule has 9 nitrogen and oxygen atoms in total. The van der Waals surface area contributed by atoms with E-state index in [4.69, 9.17) is 28.2 Å². The molecular formula is C28H19Cl2N5O4S. The lowest BCUT2D eigenvalue weighted by atomic mass is 9.80. The first-order valence-electron chi connectivity index (χ1n) is 12.1. The second-order valence-electron chi connectivity index (χ2n) is 9.69. The number of rotatable bonds is 4. The fraction of sp³-hybridized carbons (Fsp3) is 0.179. The summed E-state index contributed by atoms with van der Waals surface area (Å²) in [7, 11) is 1.60. The number of imide groups is 1. The minimum atomic E-state index is -1.30. The average Bonchev–Trinajstić information content (AvgIpc) is 3.58. The number of likely N-dealkylation sites (N-methyl/N-ethyl adjacent to an activating group) is 1. The summed E-state index contributed by atoms with van der Waals surface area (Å²) in [5.41, 5.74) is 1.03. The van der Waals surface area contributed by atoms with Crippen molar-refractivity contribution in [2.45, 2.75) is 11.5 Å². The van der Waals surface area contributed by atoms with E-state index in [0.29, 0.717) is 37.5 Å². The average molecular weight is 592 g/mol. The number of urea groups is 1. The molecule has 0 bridgehead atoms. The molecule has 0 unspecified atom stereocenters. The number of fused-ring (bicyclic) bond motifs is 1. The van der Waals surface area contributed by atoms with Crippen LogP contribution in [0.25, 0.3) is 10.2 Å². The molecule has 40 heavy (non-hydrogen) atoms. The van der Waals surface area contributed by atoms with Crippen molar-refractivity contribution < 1.29 is 19.5 Å². The van der Waals surface area contributed by atoms with Crippen molar-refractivity contribution in [3.8, 4) is 6.07 Å². The zero-order chi connectivity index (χ0) is 28.3. The van der Waals surface area contributed by atoms with E-state index in [1.165, 1.54) is 40.5 Å². The summed E-state index contributed by atoms with van der Waals surface area (Å²) < 4.78 is 0.697. The SMILES string of the molecule is CN1C(=O)N(c2cc(Cl)cc(Cl)c2)C(=O)[C@]12CN(c1nc3ccc(C(=O)O)cc3s1)C[C@H]2c1ccc(C#N)cc1. The lowest BCUT2D eigenvalue weighted by Crippen LogP contribution is -2.53. The fourth-order valence-corrected chi connectivity index (χ4v) is 7.06. The monoisotopic (exact) mass is 591 g/mol. The van der Waals surface area contributed by atoms with E-state index < -0.39 is 29.4 Å². The number of aromatic nitrogens is 1. The van der Waals surface area contributed by atoms with Gasteiger partial charge in [-0.2, -0.15) is 5.26 Å². The number of hydrogen-bond acceptors (Lipinski definition) is 7. The number of carboxylic acids is 1. The van der Waals surface area contributed by atoms with Crippen LogP contribution in [0.2, 0.25) is 10.0 Å². The molecule has 2 aliphatic heterocycles. The maximum atomic E-state index is 14.4. The highest BCUT2D eigenvalue weighted by atomic mass is 35.5. The molecule has 6 rings (SSSR count). The van der Waals surface area contributed by atoms with Crippen molar-refractivity contribution >= 4 is 73.5 Å². The Bertz CT molecular complexity index is 1750. The van der Waals surface area contributed by atoms with Gasteiger partial charge < -0.3 is 14.9 Å². The van der Waals surface area contributed by atoms with Gasteiger partial charge in [0.1, 0.15) is 5.54 Å². The highest BCUT2D eigenvalue weighted by Gasteiger charge is 2.64. The lowest BCUT2D eigenvalue weighted by Gasteiger charge is -2.33. The van der Waals surface area contributed by atoms with Crippen LogP contribution in [0.5, 0.6) is 0 Å². The zero-order valence-electron chi connectivity index (χ0n) is 20.8. The second kappa shape index (κ2) is 9.48. The van der Waals surface area contributed by atoms with Gasteiger partial charge in [-0.1, -0.05) is 46.7 Å². The predicted octanol–water partition coefficient (Wildman–Crippen LogP) is 5.61. The van der Waals surface area contributed by atoms with Crippen LogP contribution < -0.4 is 9.80 Å². The van der Waals surface area contributed by atoms with E-state index in [0.717, 1.165) is 10.5 Å². The highest BCUT2D eigenvalue weighted by molar-refractivity contribution is 7.22. The largest absolute Gasteiger partial charge is 0.478 e. The standard InChI is InChI=1S/C28H19Cl2N5O4S/c1-33-27(39)35(20-10-18(29)9-19(30)11-20)25(38)28(33)14-34(13-21(28)16-4-2-15(12-31)3-5-16)26-32-22-7-6-17(24(36)37)8-23(22)40-26/h2-11,21H,13-14H2,1H3,(H,36,37)/t21-,28+/m0/s1. The smallest absolute Gasteiger partial charge is 0.335 e. The molecule has 0 aliphatic carbocycles. The summed E-state index contributed by atoms with van der Waals surface area (Å²) in [6.07, 6.45) is 0. The summed E-state index contributed by atoms with van der Waals surface area (Å²) >= 11 is 13.7. The normalized spacial score (nSPS) is 20.6. The Kier molecular flexibility index (Phi) is 6.18. The molecule has 0 radical (unpaired) electrons.